The lowest BCUT2D eigenvalue weighted by molar-refractivity contribution is 0.148. The highest BCUT2D eigenvalue weighted by molar-refractivity contribution is 5.39. The first-order valence-corrected chi connectivity index (χ1v) is 5.95. The van der Waals surface area contributed by atoms with Crippen LogP contribution in [0.3, 0.4) is 0 Å². The maximum absolute atomic E-state index is 9.69. The lowest BCUT2D eigenvalue weighted by atomic mass is 10.1. The van der Waals surface area contributed by atoms with E-state index in [0.717, 1.165) is 24.2 Å². The highest BCUT2D eigenvalue weighted by Crippen LogP contribution is 2.32. The van der Waals surface area contributed by atoms with Gasteiger partial charge in [0.05, 0.1) is 13.2 Å². The molecule has 1 atom stereocenters. The summed E-state index contributed by atoms with van der Waals surface area (Å²) >= 11 is 0. The van der Waals surface area contributed by atoms with Gasteiger partial charge in [0.2, 0.25) is 0 Å². The monoisotopic (exact) mass is 237 g/mol. The number of phenols is 1. The Morgan fingerprint density at radius 3 is 2.88 bits per heavy atom. The van der Waals surface area contributed by atoms with Crippen molar-refractivity contribution in [3.05, 3.63) is 23.8 Å². The number of aliphatic hydroxyl groups excluding tert-OH is 1. The van der Waals surface area contributed by atoms with Crippen LogP contribution in [0.4, 0.5) is 0 Å². The van der Waals surface area contributed by atoms with Crippen molar-refractivity contribution in [3.8, 4) is 11.5 Å². The van der Waals surface area contributed by atoms with E-state index in [-0.39, 0.29) is 11.9 Å². The van der Waals surface area contributed by atoms with Crippen molar-refractivity contribution in [2.24, 2.45) is 5.92 Å². The van der Waals surface area contributed by atoms with E-state index < -0.39 is 0 Å². The highest BCUT2D eigenvalue weighted by atomic mass is 16.5. The Morgan fingerprint density at radius 2 is 2.24 bits per heavy atom. The van der Waals surface area contributed by atoms with Crippen molar-refractivity contribution >= 4 is 0 Å². The molecular weight excluding hydrogens is 218 g/mol. The van der Waals surface area contributed by atoms with Crippen LogP contribution in [0.5, 0.6) is 11.5 Å². The molecule has 1 aromatic carbocycles. The molecule has 2 rings (SSSR count). The van der Waals surface area contributed by atoms with Gasteiger partial charge in [-0.05, 0) is 37.0 Å². The second-order valence-corrected chi connectivity index (χ2v) is 4.53. The molecule has 0 saturated heterocycles. The number of methoxy groups -OCH3 is 1. The van der Waals surface area contributed by atoms with E-state index in [0.29, 0.717) is 19.0 Å². The Bertz CT molecular complexity index is 377. The minimum Gasteiger partial charge on any atom is -0.508 e. The molecule has 1 aliphatic carbocycles. The molecule has 4 nitrogen and oxygen atoms in total. The molecule has 0 bridgehead atoms. The minimum atomic E-state index is -0.261. The third-order valence-corrected chi connectivity index (χ3v) is 3.12. The van der Waals surface area contributed by atoms with Gasteiger partial charge in [-0.25, -0.2) is 0 Å². The number of nitrogens with one attached hydrogen (secondary N) is 1. The van der Waals surface area contributed by atoms with Crippen molar-refractivity contribution in [2.45, 2.75) is 25.5 Å². The van der Waals surface area contributed by atoms with Gasteiger partial charge in [-0.1, -0.05) is 0 Å². The van der Waals surface area contributed by atoms with Gasteiger partial charge in [0.15, 0.2) is 0 Å². The molecule has 1 fully saturated rings. The molecular formula is C13H19NO3. The van der Waals surface area contributed by atoms with Crippen LogP contribution < -0.4 is 10.1 Å². The molecule has 1 aromatic rings. The van der Waals surface area contributed by atoms with E-state index in [2.05, 4.69) is 5.32 Å². The van der Waals surface area contributed by atoms with Gasteiger partial charge in [-0.2, -0.15) is 0 Å². The average molecular weight is 237 g/mol. The Morgan fingerprint density at radius 1 is 1.47 bits per heavy atom. The van der Waals surface area contributed by atoms with E-state index in [1.807, 2.05) is 0 Å². The van der Waals surface area contributed by atoms with E-state index in [1.54, 1.807) is 25.3 Å². The molecule has 0 heterocycles. The van der Waals surface area contributed by atoms with Crippen LogP contribution in [-0.4, -0.2) is 30.0 Å². The zero-order chi connectivity index (χ0) is 12.3. The van der Waals surface area contributed by atoms with Gasteiger partial charge in [0.25, 0.3) is 0 Å². The summed E-state index contributed by atoms with van der Waals surface area (Å²) in [5.74, 6) is 1.45. The maximum Gasteiger partial charge on any atom is 0.120 e. The summed E-state index contributed by atoms with van der Waals surface area (Å²) in [5, 5.41) is 22.5. The number of hydrogen-bond donors (Lipinski definition) is 3. The van der Waals surface area contributed by atoms with Crippen LogP contribution in [0.2, 0.25) is 0 Å². The summed E-state index contributed by atoms with van der Waals surface area (Å²) in [5.41, 5.74) is 0.785. The minimum absolute atomic E-state index is 0.249. The van der Waals surface area contributed by atoms with Crippen LogP contribution >= 0.6 is 0 Å². The van der Waals surface area contributed by atoms with Crippen molar-refractivity contribution in [3.63, 3.8) is 0 Å². The molecule has 17 heavy (non-hydrogen) atoms. The first kappa shape index (κ1) is 12.2. The Balaban J connectivity index is 1.84. The van der Waals surface area contributed by atoms with Gasteiger partial charge in [-0.15, -0.1) is 0 Å². The van der Waals surface area contributed by atoms with Crippen molar-refractivity contribution in [1.29, 1.82) is 0 Å². The summed E-state index contributed by atoms with van der Waals surface area (Å²) in [6.07, 6.45) is 2.00. The fourth-order valence-electron chi connectivity index (χ4n) is 1.83. The molecule has 1 unspecified atom stereocenters. The maximum atomic E-state index is 9.69. The van der Waals surface area contributed by atoms with E-state index >= 15 is 0 Å². The zero-order valence-corrected chi connectivity index (χ0v) is 10.0. The number of benzene rings is 1. The zero-order valence-electron chi connectivity index (χ0n) is 10.0. The molecule has 3 N–H and O–H groups in total. The molecule has 0 amide bonds. The number of aliphatic hydroxyl groups is 1. The van der Waals surface area contributed by atoms with E-state index in [4.69, 9.17) is 4.74 Å². The van der Waals surface area contributed by atoms with Crippen molar-refractivity contribution < 1.29 is 14.9 Å². The largest absolute Gasteiger partial charge is 0.508 e. The summed E-state index contributed by atoms with van der Waals surface area (Å²) in [6.45, 7) is 1.11. The molecule has 1 aliphatic rings. The summed E-state index contributed by atoms with van der Waals surface area (Å²) in [7, 11) is 1.60. The van der Waals surface area contributed by atoms with Crippen molar-refractivity contribution in [2.75, 3.05) is 13.7 Å². The third kappa shape index (κ3) is 3.35. The Hall–Kier alpha value is -1.26. The molecule has 0 aromatic heterocycles. The second-order valence-electron chi connectivity index (χ2n) is 4.53. The number of aromatic hydroxyl groups is 1. The number of rotatable bonds is 6. The molecule has 94 valence electrons. The summed E-state index contributed by atoms with van der Waals surface area (Å²) < 4.78 is 5.10. The van der Waals surface area contributed by atoms with Crippen LogP contribution in [0, 0.1) is 5.92 Å². The third-order valence-electron chi connectivity index (χ3n) is 3.12. The normalized spacial score (nSPS) is 16.8. The molecule has 0 aliphatic heterocycles. The number of phenolic OH excluding ortho intramolecular Hbond substituents is 1. The summed E-state index contributed by atoms with van der Waals surface area (Å²) in [6, 6.07) is 5.14. The van der Waals surface area contributed by atoms with Gasteiger partial charge in [-0.3, -0.25) is 0 Å². The standard InChI is InChI=1S/C13H19NO3/c1-17-11-4-5-12(15)10(6-11)7-14-8-13(16)9-2-3-9/h4-6,9,13-16H,2-3,7-8H2,1H3. The number of hydrogen-bond acceptors (Lipinski definition) is 4. The lowest BCUT2D eigenvalue weighted by Gasteiger charge is -2.12. The Kier molecular flexibility index (Phi) is 3.86. The quantitative estimate of drug-likeness (QED) is 0.697. The van der Waals surface area contributed by atoms with Gasteiger partial charge >= 0.3 is 0 Å². The number of ether oxygens (including phenoxy) is 1. The predicted octanol–water partition coefficient (Wildman–Crippen LogP) is 1.26. The predicted molar refractivity (Wildman–Crippen MR) is 65.1 cm³/mol. The average Bonchev–Trinajstić information content (AvgIpc) is 3.15. The van der Waals surface area contributed by atoms with E-state index in [9.17, 15) is 10.2 Å². The fourth-order valence-corrected chi connectivity index (χ4v) is 1.83. The smallest absolute Gasteiger partial charge is 0.120 e. The van der Waals surface area contributed by atoms with Crippen molar-refractivity contribution in [1.82, 2.24) is 5.32 Å². The first-order chi connectivity index (χ1) is 8.20. The second kappa shape index (κ2) is 5.38. The van der Waals surface area contributed by atoms with Crippen LogP contribution in [0.25, 0.3) is 0 Å². The fraction of sp³-hybridized carbons (Fsp3) is 0.538. The summed E-state index contributed by atoms with van der Waals surface area (Å²) in [4.78, 5) is 0. The first-order valence-electron chi connectivity index (χ1n) is 5.95. The van der Waals surface area contributed by atoms with E-state index in [1.165, 1.54) is 0 Å². The van der Waals surface area contributed by atoms with Crippen LogP contribution in [-0.2, 0) is 6.54 Å². The molecule has 4 heteroatoms. The topological polar surface area (TPSA) is 61.7 Å². The van der Waals surface area contributed by atoms with Gasteiger partial charge in [0.1, 0.15) is 11.5 Å². The van der Waals surface area contributed by atoms with Gasteiger partial charge < -0.3 is 20.3 Å². The molecule has 1 saturated carbocycles. The van der Waals surface area contributed by atoms with Gasteiger partial charge in [0, 0.05) is 18.7 Å². The Labute approximate surface area is 101 Å². The molecule has 0 radical (unpaired) electrons. The highest BCUT2D eigenvalue weighted by Gasteiger charge is 2.29. The van der Waals surface area contributed by atoms with Crippen LogP contribution in [0.1, 0.15) is 18.4 Å². The lowest BCUT2D eigenvalue weighted by Crippen LogP contribution is -2.27. The SMILES string of the molecule is COc1ccc(O)c(CNCC(O)C2CC2)c1. The molecule has 0 spiro atoms. The van der Waals surface area contributed by atoms with Crippen LogP contribution in [0.15, 0.2) is 18.2 Å².